The van der Waals surface area contributed by atoms with Crippen LogP contribution in [-0.4, -0.2) is 69.0 Å². The summed E-state index contributed by atoms with van der Waals surface area (Å²) in [6, 6.07) is 0. The van der Waals surface area contributed by atoms with Crippen molar-refractivity contribution in [3.63, 3.8) is 0 Å². The van der Waals surface area contributed by atoms with Gasteiger partial charge in [0.15, 0.2) is 5.96 Å². The molecule has 0 radical (unpaired) electrons. The van der Waals surface area contributed by atoms with Gasteiger partial charge < -0.3 is 19.9 Å². The first-order valence-electron chi connectivity index (χ1n) is 7.87. The van der Waals surface area contributed by atoms with Crippen molar-refractivity contribution >= 4 is 5.96 Å². The van der Waals surface area contributed by atoms with Crippen molar-refractivity contribution in [2.45, 2.75) is 20.3 Å². The molecule has 0 spiro atoms. The Labute approximate surface area is 132 Å². The summed E-state index contributed by atoms with van der Waals surface area (Å²) >= 11 is 0. The van der Waals surface area contributed by atoms with Crippen LogP contribution in [0.15, 0.2) is 9.52 Å². The summed E-state index contributed by atoms with van der Waals surface area (Å²) in [7, 11) is 1.79. The number of nitrogens with one attached hydrogen (secondary N) is 2. The molecular weight excluding hydrogens is 282 g/mol. The summed E-state index contributed by atoms with van der Waals surface area (Å²) in [6.07, 6.45) is 0.880. The molecule has 2 rings (SSSR count). The molecule has 0 atom stereocenters. The van der Waals surface area contributed by atoms with Crippen LogP contribution in [0.25, 0.3) is 0 Å². The van der Waals surface area contributed by atoms with E-state index in [9.17, 15) is 0 Å². The van der Waals surface area contributed by atoms with Gasteiger partial charge in [0.05, 0.1) is 18.9 Å². The standard InChI is InChI=1S/C15H27N5O2/c1-12-14(13(2)22-19-12)4-5-17-15(16-3)18-6-7-20-8-10-21-11-9-20/h4-11H2,1-3H3,(H2,16,17,18). The summed E-state index contributed by atoms with van der Waals surface area (Å²) in [5.74, 6) is 1.73. The monoisotopic (exact) mass is 309 g/mol. The molecule has 1 aliphatic rings. The van der Waals surface area contributed by atoms with Gasteiger partial charge in [0.2, 0.25) is 0 Å². The van der Waals surface area contributed by atoms with E-state index < -0.39 is 0 Å². The summed E-state index contributed by atoms with van der Waals surface area (Å²) in [5.41, 5.74) is 2.14. The van der Waals surface area contributed by atoms with Crippen LogP contribution < -0.4 is 10.6 Å². The number of guanidine groups is 1. The van der Waals surface area contributed by atoms with Crippen molar-refractivity contribution in [3.05, 3.63) is 17.0 Å². The predicted octanol–water partition coefficient (Wildman–Crippen LogP) is 0.331. The van der Waals surface area contributed by atoms with Crippen LogP contribution in [0.4, 0.5) is 0 Å². The van der Waals surface area contributed by atoms with Crippen molar-refractivity contribution in [1.82, 2.24) is 20.7 Å². The maximum atomic E-state index is 5.35. The van der Waals surface area contributed by atoms with Crippen molar-refractivity contribution < 1.29 is 9.26 Å². The molecule has 0 unspecified atom stereocenters. The fourth-order valence-electron chi connectivity index (χ4n) is 2.54. The van der Waals surface area contributed by atoms with Gasteiger partial charge in [0.1, 0.15) is 5.76 Å². The number of nitrogens with zero attached hydrogens (tertiary/aromatic N) is 3. The summed E-state index contributed by atoms with van der Waals surface area (Å²) in [5, 5.41) is 10.6. The number of aryl methyl sites for hydroxylation is 2. The minimum Gasteiger partial charge on any atom is -0.379 e. The van der Waals surface area contributed by atoms with E-state index in [4.69, 9.17) is 9.26 Å². The Morgan fingerprint density at radius 2 is 1.95 bits per heavy atom. The highest BCUT2D eigenvalue weighted by molar-refractivity contribution is 5.79. The summed E-state index contributed by atoms with van der Waals surface area (Å²) < 4.78 is 10.5. The normalized spacial score (nSPS) is 16.8. The number of hydrogen-bond donors (Lipinski definition) is 2. The Balaban J connectivity index is 1.64. The Bertz CT molecular complexity index is 461. The first-order valence-corrected chi connectivity index (χ1v) is 7.87. The van der Waals surface area contributed by atoms with Gasteiger partial charge in [0, 0.05) is 45.3 Å². The molecule has 7 nitrogen and oxygen atoms in total. The van der Waals surface area contributed by atoms with Gasteiger partial charge in [-0.1, -0.05) is 5.16 Å². The van der Waals surface area contributed by atoms with Crippen molar-refractivity contribution in [2.24, 2.45) is 4.99 Å². The van der Waals surface area contributed by atoms with Crippen LogP contribution >= 0.6 is 0 Å². The second-order valence-corrected chi connectivity index (χ2v) is 5.43. The molecule has 0 aliphatic carbocycles. The van der Waals surface area contributed by atoms with Crippen LogP contribution in [0.2, 0.25) is 0 Å². The Morgan fingerprint density at radius 3 is 2.59 bits per heavy atom. The average molecular weight is 309 g/mol. The van der Waals surface area contributed by atoms with E-state index in [1.165, 1.54) is 5.56 Å². The summed E-state index contributed by atoms with van der Waals surface area (Å²) in [6.45, 7) is 10.3. The minimum atomic E-state index is 0.806. The Hall–Kier alpha value is -1.60. The lowest BCUT2D eigenvalue weighted by molar-refractivity contribution is 0.0389. The average Bonchev–Trinajstić information content (AvgIpc) is 2.86. The lowest BCUT2D eigenvalue weighted by Gasteiger charge is -2.26. The summed E-state index contributed by atoms with van der Waals surface area (Å²) in [4.78, 5) is 6.64. The SMILES string of the molecule is CN=C(NCCc1c(C)noc1C)NCCN1CCOCC1. The predicted molar refractivity (Wildman–Crippen MR) is 86.3 cm³/mol. The molecule has 1 aromatic rings. The molecule has 22 heavy (non-hydrogen) atoms. The van der Waals surface area contributed by atoms with E-state index >= 15 is 0 Å². The topological polar surface area (TPSA) is 74.9 Å². The van der Waals surface area contributed by atoms with Gasteiger partial charge in [-0.25, -0.2) is 0 Å². The number of aromatic nitrogens is 1. The zero-order chi connectivity index (χ0) is 15.8. The molecule has 7 heteroatoms. The van der Waals surface area contributed by atoms with E-state index in [1.54, 1.807) is 7.05 Å². The fraction of sp³-hybridized carbons (Fsp3) is 0.733. The maximum absolute atomic E-state index is 5.35. The largest absolute Gasteiger partial charge is 0.379 e. The molecule has 1 aromatic heterocycles. The minimum absolute atomic E-state index is 0.806. The molecule has 1 fully saturated rings. The highest BCUT2D eigenvalue weighted by atomic mass is 16.5. The molecule has 0 saturated carbocycles. The quantitative estimate of drug-likeness (QED) is 0.583. The lowest BCUT2D eigenvalue weighted by Crippen LogP contribution is -2.44. The van der Waals surface area contributed by atoms with Gasteiger partial charge in [-0.15, -0.1) is 0 Å². The van der Waals surface area contributed by atoms with Crippen LogP contribution in [0, 0.1) is 13.8 Å². The number of aliphatic imine (C=N–C) groups is 1. The van der Waals surface area contributed by atoms with E-state index in [1.807, 2.05) is 13.8 Å². The second kappa shape index (κ2) is 8.75. The van der Waals surface area contributed by atoms with E-state index in [2.05, 4.69) is 25.7 Å². The van der Waals surface area contributed by atoms with Gasteiger partial charge in [-0.2, -0.15) is 0 Å². The molecule has 2 N–H and O–H groups in total. The van der Waals surface area contributed by atoms with E-state index in [-0.39, 0.29) is 0 Å². The Morgan fingerprint density at radius 1 is 1.23 bits per heavy atom. The van der Waals surface area contributed by atoms with Crippen LogP contribution in [0.5, 0.6) is 0 Å². The molecule has 0 amide bonds. The van der Waals surface area contributed by atoms with Crippen LogP contribution in [0.3, 0.4) is 0 Å². The third-order valence-electron chi connectivity index (χ3n) is 3.90. The van der Waals surface area contributed by atoms with Crippen LogP contribution in [0.1, 0.15) is 17.0 Å². The third kappa shape index (κ3) is 4.99. The van der Waals surface area contributed by atoms with Gasteiger partial charge in [-0.05, 0) is 20.3 Å². The zero-order valence-electron chi connectivity index (χ0n) is 13.8. The smallest absolute Gasteiger partial charge is 0.191 e. The van der Waals surface area contributed by atoms with Crippen molar-refractivity contribution in [2.75, 3.05) is 53.0 Å². The molecule has 2 heterocycles. The molecule has 1 aliphatic heterocycles. The van der Waals surface area contributed by atoms with E-state index in [0.717, 1.165) is 69.8 Å². The lowest BCUT2D eigenvalue weighted by atomic mass is 10.1. The zero-order valence-corrected chi connectivity index (χ0v) is 13.8. The number of ether oxygens (including phenoxy) is 1. The molecule has 0 aromatic carbocycles. The number of morpholine rings is 1. The first-order chi connectivity index (χ1) is 10.7. The molecule has 0 bridgehead atoms. The molecule has 1 saturated heterocycles. The maximum Gasteiger partial charge on any atom is 0.191 e. The van der Waals surface area contributed by atoms with Gasteiger partial charge in [-0.3, -0.25) is 9.89 Å². The first kappa shape index (κ1) is 16.8. The Kier molecular flexibility index (Phi) is 6.67. The fourth-order valence-corrected chi connectivity index (χ4v) is 2.54. The second-order valence-electron chi connectivity index (χ2n) is 5.43. The van der Waals surface area contributed by atoms with E-state index in [0.29, 0.717) is 0 Å². The van der Waals surface area contributed by atoms with Crippen molar-refractivity contribution in [1.29, 1.82) is 0 Å². The van der Waals surface area contributed by atoms with Crippen LogP contribution in [-0.2, 0) is 11.2 Å². The van der Waals surface area contributed by atoms with Crippen molar-refractivity contribution in [3.8, 4) is 0 Å². The van der Waals surface area contributed by atoms with Gasteiger partial charge >= 0.3 is 0 Å². The van der Waals surface area contributed by atoms with Gasteiger partial charge in [0.25, 0.3) is 0 Å². The molecular formula is C15H27N5O2. The highest BCUT2D eigenvalue weighted by Crippen LogP contribution is 2.11. The third-order valence-corrected chi connectivity index (χ3v) is 3.90. The highest BCUT2D eigenvalue weighted by Gasteiger charge is 2.10. The number of rotatable bonds is 6. The molecule has 124 valence electrons. The number of hydrogen-bond acceptors (Lipinski definition) is 5.